The molecule has 0 bridgehead atoms. The minimum atomic E-state index is -1.21. The Morgan fingerprint density at radius 1 is 1.50 bits per heavy atom. The van der Waals surface area contributed by atoms with Crippen LogP contribution in [0.1, 0.15) is 33.1 Å². The van der Waals surface area contributed by atoms with Gasteiger partial charge in [0.15, 0.2) is 6.04 Å². The van der Waals surface area contributed by atoms with Gasteiger partial charge in [-0.2, -0.15) is 0 Å². The monoisotopic (exact) mass is 228 g/mol. The highest BCUT2D eigenvalue weighted by atomic mass is 16.5. The van der Waals surface area contributed by atoms with E-state index >= 15 is 0 Å². The summed E-state index contributed by atoms with van der Waals surface area (Å²) in [4.78, 5) is 22.8. The molecule has 1 saturated carbocycles. The fourth-order valence-corrected chi connectivity index (χ4v) is 1.71. The number of rotatable bonds is 5. The van der Waals surface area contributed by atoms with E-state index in [1.807, 2.05) is 6.92 Å². The minimum absolute atomic E-state index is 0.0849. The number of amides is 1. The summed E-state index contributed by atoms with van der Waals surface area (Å²) in [6, 6.07) is -1.12. The van der Waals surface area contributed by atoms with E-state index in [1.165, 1.54) is 6.42 Å². The van der Waals surface area contributed by atoms with E-state index in [0.29, 0.717) is 5.92 Å². The van der Waals surface area contributed by atoms with Crippen molar-refractivity contribution in [3.05, 3.63) is 0 Å². The third-order valence-electron chi connectivity index (χ3n) is 3.05. The zero-order valence-electron chi connectivity index (χ0n) is 9.86. The van der Waals surface area contributed by atoms with Crippen molar-refractivity contribution in [3.63, 3.8) is 0 Å². The SMILES string of the molecule is CCOC(=O)C(N)C(=O)NC(C)C1CCC1. The molecule has 92 valence electrons. The Balaban J connectivity index is 2.35. The first-order chi connectivity index (χ1) is 7.56. The predicted molar refractivity (Wildman–Crippen MR) is 59.6 cm³/mol. The molecule has 16 heavy (non-hydrogen) atoms. The maximum Gasteiger partial charge on any atom is 0.332 e. The van der Waals surface area contributed by atoms with Crippen molar-refractivity contribution in [1.82, 2.24) is 5.32 Å². The number of nitrogens with one attached hydrogen (secondary N) is 1. The van der Waals surface area contributed by atoms with Gasteiger partial charge in [-0.1, -0.05) is 6.42 Å². The van der Waals surface area contributed by atoms with Gasteiger partial charge in [0.2, 0.25) is 5.91 Å². The van der Waals surface area contributed by atoms with Gasteiger partial charge in [0.1, 0.15) is 0 Å². The Labute approximate surface area is 95.7 Å². The summed E-state index contributed by atoms with van der Waals surface area (Å²) < 4.78 is 4.68. The molecule has 0 aliphatic heterocycles. The summed E-state index contributed by atoms with van der Waals surface area (Å²) in [5.41, 5.74) is 5.47. The Morgan fingerprint density at radius 3 is 2.56 bits per heavy atom. The average Bonchev–Trinajstić information content (AvgIpc) is 2.13. The highest BCUT2D eigenvalue weighted by Gasteiger charge is 2.29. The van der Waals surface area contributed by atoms with Crippen molar-refractivity contribution >= 4 is 11.9 Å². The van der Waals surface area contributed by atoms with Crippen LogP contribution in [0.3, 0.4) is 0 Å². The van der Waals surface area contributed by atoms with Crippen LogP contribution in [0.5, 0.6) is 0 Å². The number of ether oxygens (including phenoxy) is 1. The summed E-state index contributed by atoms with van der Waals surface area (Å²) in [5.74, 6) is -0.586. The molecule has 2 atom stereocenters. The van der Waals surface area contributed by atoms with Crippen LogP contribution in [-0.2, 0) is 14.3 Å². The van der Waals surface area contributed by atoms with Crippen LogP contribution in [0.25, 0.3) is 0 Å². The third kappa shape index (κ3) is 3.20. The van der Waals surface area contributed by atoms with Crippen LogP contribution >= 0.6 is 0 Å². The molecule has 5 heteroatoms. The van der Waals surface area contributed by atoms with Crippen molar-refractivity contribution < 1.29 is 14.3 Å². The van der Waals surface area contributed by atoms with Gasteiger partial charge in [-0.15, -0.1) is 0 Å². The molecule has 0 heterocycles. The molecular weight excluding hydrogens is 208 g/mol. The van der Waals surface area contributed by atoms with E-state index in [4.69, 9.17) is 5.73 Å². The lowest BCUT2D eigenvalue weighted by Gasteiger charge is -2.32. The zero-order chi connectivity index (χ0) is 12.1. The summed E-state index contributed by atoms with van der Waals surface area (Å²) in [6.45, 7) is 3.86. The van der Waals surface area contributed by atoms with Gasteiger partial charge in [-0.3, -0.25) is 4.79 Å². The smallest absolute Gasteiger partial charge is 0.332 e. The molecule has 1 rings (SSSR count). The van der Waals surface area contributed by atoms with Crippen LogP contribution in [-0.4, -0.2) is 30.6 Å². The maximum atomic E-state index is 11.6. The Bertz CT molecular complexity index is 264. The average molecular weight is 228 g/mol. The van der Waals surface area contributed by atoms with E-state index in [2.05, 4.69) is 10.1 Å². The molecule has 2 unspecified atom stereocenters. The molecule has 1 aliphatic rings. The van der Waals surface area contributed by atoms with Crippen LogP contribution in [0.4, 0.5) is 0 Å². The quantitative estimate of drug-likeness (QED) is 0.519. The largest absolute Gasteiger partial charge is 0.464 e. The van der Waals surface area contributed by atoms with Gasteiger partial charge in [-0.05, 0) is 32.6 Å². The fraction of sp³-hybridized carbons (Fsp3) is 0.818. The van der Waals surface area contributed by atoms with Gasteiger partial charge in [0.25, 0.3) is 0 Å². The van der Waals surface area contributed by atoms with E-state index in [9.17, 15) is 9.59 Å². The standard InChI is InChI=1S/C11H20N2O3/c1-3-16-11(15)9(12)10(14)13-7(2)8-5-4-6-8/h7-9H,3-6,12H2,1-2H3,(H,13,14). The molecular formula is C11H20N2O3. The van der Waals surface area contributed by atoms with E-state index in [-0.39, 0.29) is 12.6 Å². The molecule has 5 nitrogen and oxygen atoms in total. The lowest BCUT2D eigenvalue weighted by atomic mass is 9.80. The van der Waals surface area contributed by atoms with Gasteiger partial charge >= 0.3 is 5.97 Å². The van der Waals surface area contributed by atoms with Gasteiger partial charge in [0.05, 0.1) is 6.61 Å². The fourth-order valence-electron chi connectivity index (χ4n) is 1.71. The second-order valence-corrected chi connectivity index (χ2v) is 4.22. The highest BCUT2D eigenvalue weighted by Crippen LogP contribution is 2.29. The first-order valence-corrected chi connectivity index (χ1v) is 5.78. The Hall–Kier alpha value is -1.10. The second kappa shape index (κ2) is 5.84. The highest BCUT2D eigenvalue weighted by molar-refractivity contribution is 6.01. The number of esters is 1. The molecule has 0 aromatic rings. The first kappa shape index (κ1) is 13.0. The van der Waals surface area contributed by atoms with E-state index < -0.39 is 17.9 Å². The molecule has 1 aliphatic carbocycles. The molecule has 3 N–H and O–H groups in total. The number of carbonyl (C=O) groups excluding carboxylic acids is 2. The Kier molecular flexibility index (Phi) is 4.73. The topological polar surface area (TPSA) is 81.4 Å². The second-order valence-electron chi connectivity index (χ2n) is 4.22. The van der Waals surface area contributed by atoms with Crippen LogP contribution in [0.2, 0.25) is 0 Å². The number of carbonyl (C=O) groups is 2. The molecule has 1 amide bonds. The third-order valence-corrected chi connectivity index (χ3v) is 3.05. The summed E-state index contributed by atoms with van der Waals surface area (Å²) in [7, 11) is 0. The minimum Gasteiger partial charge on any atom is -0.464 e. The number of nitrogens with two attached hydrogens (primary N) is 1. The molecule has 0 radical (unpaired) electrons. The molecule has 0 aromatic heterocycles. The molecule has 0 spiro atoms. The van der Waals surface area contributed by atoms with E-state index in [0.717, 1.165) is 12.8 Å². The summed E-state index contributed by atoms with van der Waals surface area (Å²) in [5, 5.41) is 2.76. The van der Waals surface area contributed by atoms with Crippen LogP contribution < -0.4 is 11.1 Å². The molecule has 0 saturated heterocycles. The number of hydrogen-bond acceptors (Lipinski definition) is 4. The van der Waals surface area contributed by atoms with Crippen LogP contribution in [0.15, 0.2) is 0 Å². The van der Waals surface area contributed by atoms with Crippen LogP contribution in [0, 0.1) is 5.92 Å². The van der Waals surface area contributed by atoms with Gasteiger partial charge in [0, 0.05) is 6.04 Å². The zero-order valence-corrected chi connectivity index (χ0v) is 9.86. The lowest BCUT2D eigenvalue weighted by Crippen LogP contribution is -2.51. The molecule has 0 aromatic carbocycles. The summed E-state index contributed by atoms with van der Waals surface area (Å²) in [6.07, 6.45) is 3.49. The normalized spacial score (nSPS) is 19.4. The van der Waals surface area contributed by atoms with Crippen molar-refractivity contribution in [2.45, 2.75) is 45.2 Å². The maximum absolute atomic E-state index is 11.6. The van der Waals surface area contributed by atoms with Crippen molar-refractivity contribution in [1.29, 1.82) is 0 Å². The Morgan fingerprint density at radius 2 is 2.12 bits per heavy atom. The van der Waals surface area contributed by atoms with Crippen molar-refractivity contribution in [2.24, 2.45) is 11.7 Å². The first-order valence-electron chi connectivity index (χ1n) is 5.78. The van der Waals surface area contributed by atoms with Gasteiger partial charge in [-0.25, -0.2) is 4.79 Å². The predicted octanol–water partition coefficient (Wildman–Crippen LogP) is 0.182. The van der Waals surface area contributed by atoms with Crippen molar-refractivity contribution in [2.75, 3.05) is 6.61 Å². The number of hydrogen-bond donors (Lipinski definition) is 2. The lowest BCUT2D eigenvalue weighted by molar-refractivity contribution is -0.148. The van der Waals surface area contributed by atoms with Crippen molar-refractivity contribution in [3.8, 4) is 0 Å². The van der Waals surface area contributed by atoms with Gasteiger partial charge < -0.3 is 15.8 Å². The van der Waals surface area contributed by atoms with E-state index in [1.54, 1.807) is 6.92 Å². The molecule has 1 fully saturated rings. The summed E-state index contributed by atoms with van der Waals surface area (Å²) >= 11 is 0.